The zero-order valence-electron chi connectivity index (χ0n) is 10.3. The summed E-state index contributed by atoms with van der Waals surface area (Å²) >= 11 is 0. The third kappa shape index (κ3) is 3.01. The molecule has 0 aliphatic rings. The van der Waals surface area contributed by atoms with Crippen molar-refractivity contribution in [2.75, 3.05) is 0 Å². The second-order valence-electron chi connectivity index (χ2n) is 4.26. The average Bonchev–Trinajstić information content (AvgIpc) is 2.88. The average molecular weight is 251 g/mol. The lowest BCUT2D eigenvalue weighted by Crippen LogP contribution is -1.93. The number of hydrogen-bond donors (Lipinski definition) is 1. The molecule has 0 fully saturated rings. The molecule has 0 spiro atoms. The molecule has 3 aromatic heterocycles. The highest BCUT2D eigenvalue weighted by Crippen LogP contribution is 2.07. The van der Waals surface area contributed by atoms with E-state index in [1.807, 2.05) is 24.3 Å². The number of hydrogen-bond acceptors (Lipinski definition) is 4. The van der Waals surface area contributed by atoms with Crippen LogP contribution in [0.3, 0.4) is 0 Å². The van der Waals surface area contributed by atoms with Crippen LogP contribution in [0, 0.1) is 0 Å². The highest BCUT2D eigenvalue weighted by molar-refractivity contribution is 5.17. The number of rotatable bonds is 4. The first kappa shape index (κ1) is 11.5. The van der Waals surface area contributed by atoms with Crippen molar-refractivity contribution in [3.8, 4) is 0 Å². The molecule has 0 atom stereocenters. The number of aromatic amines is 1. The van der Waals surface area contributed by atoms with E-state index in [-0.39, 0.29) is 0 Å². The molecule has 3 rings (SSSR count). The van der Waals surface area contributed by atoms with Gasteiger partial charge in [-0.3, -0.25) is 15.1 Å². The molecule has 5 heteroatoms. The fraction of sp³-hybridized carbons (Fsp3) is 0.143. The summed E-state index contributed by atoms with van der Waals surface area (Å²) in [5.41, 5.74) is 2.33. The van der Waals surface area contributed by atoms with Gasteiger partial charge < -0.3 is 0 Å². The van der Waals surface area contributed by atoms with E-state index in [1.54, 1.807) is 24.8 Å². The number of nitrogens with zero attached hydrogens (tertiary/aromatic N) is 4. The van der Waals surface area contributed by atoms with Gasteiger partial charge in [-0.15, -0.1) is 0 Å². The summed E-state index contributed by atoms with van der Waals surface area (Å²) in [6, 6.07) is 7.90. The third-order valence-electron chi connectivity index (χ3n) is 2.81. The Morgan fingerprint density at radius 2 is 1.37 bits per heavy atom. The highest BCUT2D eigenvalue weighted by atomic mass is 15.2. The third-order valence-corrected chi connectivity index (χ3v) is 2.81. The summed E-state index contributed by atoms with van der Waals surface area (Å²) < 4.78 is 0. The summed E-state index contributed by atoms with van der Waals surface area (Å²) in [5.74, 6) is 1.67. The fourth-order valence-corrected chi connectivity index (χ4v) is 1.87. The molecule has 3 aromatic rings. The van der Waals surface area contributed by atoms with E-state index in [1.165, 1.54) is 5.56 Å². The van der Waals surface area contributed by atoms with Crippen LogP contribution in [0.4, 0.5) is 0 Å². The largest absolute Gasteiger partial charge is 0.265 e. The minimum Gasteiger partial charge on any atom is -0.265 e. The maximum Gasteiger partial charge on any atom is 0.155 e. The topological polar surface area (TPSA) is 67.3 Å². The molecular weight excluding hydrogens is 238 g/mol. The Kier molecular flexibility index (Phi) is 3.27. The van der Waals surface area contributed by atoms with Crippen LogP contribution in [-0.2, 0) is 12.8 Å². The molecule has 0 saturated heterocycles. The lowest BCUT2D eigenvalue weighted by molar-refractivity contribution is 0.955. The number of nitrogens with one attached hydrogen (secondary N) is 1. The monoisotopic (exact) mass is 251 g/mol. The molecule has 0 saturated carbocycles. The summed E-state index contributed by atoms with van der Waals surface area (Å²) in [7, 11) is 0. The van der Waals surface area contributed by atoms with Gasteiger partial charge in [0.2, 0.25) is 0 Å². The van der Waals surface area contributed by atoms with Gasteiger partial charge >= 0.3 is 0 Å². The first-order valence-corrected chi connectivity index (χ1v) is 6.08. The van der Waals surface area contributed by atoms with Gasteiger partial charge in [0.1, 0.15) is 5.82 Å². The maximum atomic E-state index is 4.49. The van der Waals surface area contributed by atoms with Gasteiger partial charge in [-0.25, -0.2) is 4.98 Å². The summed E-state index contributed by atoms with van der Waals surface area (Å²) in [6.07, 6.45) is 8.58. The van der Waals surface area contributed by atoms with Crippen molar-refractivity contribution >= 4 is 0 Å². The normalized spacial score (nSPS) is 10.5. The van der Waals surface area contributed by atoms with Gasteiger partial charge in [-0.05, 0) is 35.4 Å². The van der Waals surface area contributed by atoms with Crippen LogP contribution in [0.15, 0.2) is 49.1 Å². The van der Waals surface area contributed by atoms with Crippen molar-refractivity contribution < 1.29 is 0 Å². The molecule has 19 heavy (non-hydrogen) atoms. The lowest BCUT2D eigenvalue weighted by atomic mass is 10.2. The zero-order valence-corrected chi connectivity index (χ0v) is 10.3. The molecule has 0 aliphatic heterocycles. The Bertz CT molecular complexity index is 577. The number of aromatic nitrogens is 5. The molecule has 0 amide bonds. The minimum atomic E-state index is 0.718. The van der Waals surface area contributed by atoms with E-state index < -0.39 is 0 Å². The highest BCUT2D eigenvalue weighted by Gasteiger charge is 2.05. The van der Waals surface area contributed by atoms with E-state index in [0.717, 1.165) is 30.1 Å². The van der Waals surface area contributed by atoms with Crippen LogP contribution in [0.5, 0.6) is 0 Å². The molecule has 0 aromatic carbocycles. The number of H-pyrrole nitrogens is 1. The van der Waals surface area contributed by atoms with Gasteiger partial charge in [0.15, 0.2) is 5.82 Å². The molecule has 0 radical (unpaired) electrons. The van der Waals surface area contributed by atoms with Gasteiger partial charge in [0.25, 0.3) is 0 Å². The summed E-state index contributed by atoms with van der Waals surface area (Å²) in [6.45, 7) is 0. The van der Waals surface area contributed by atoms with Crippen molar-refractivity contribution in [3.05, 3.63) is 71.8 Å². The SMILES string of the molecule is c1cc(Cc2n[nH]c(Cc3ccncc3)n2)ccn1. The maximum absolute atomic E-state index is 4.49. The van der Waals surface area contributed by atoms with Gasteiger partial charge in [0.05, 0.1) is 0 Å². The Labute approximate surface area is 110 Å². The number of pyridine rings is 2. The van der Waals surface area contributed by atoms with E-state index >= 15 is 0 Å². The molecule has 3 heterocycles. The molecule has 1 N–H and O–H groups in total. The van der Waals surface area contributed by atoms with Crippen LogP contribution in [0.2, 0.25) is 0 Å². The standard InChI is InChI=1S/C14H13N5/c1-5-15-6-2-11(1)9-13-17-14(19-18-13)10-12-3-7-16-8-4-12/h1-8H,9-10H2,(H,17,18,19). The Morgan fingerprint density at radius 1 is 0.789 bits per heavy atom. The zero-order chi connectivity index (χ0) is 12.9. The Balaban J connectivity index is 1.70. The quantitative estimate of drug-likeness (QED) is 0.767. The smallest absolute Gasteiger partial charge is 0.155 e. The Morgan fingerprint density at radius 3 is 2.00 bits per heavy atom. The molecular formula is C14H13N5. The molecule has 5 nitrogen and oxygen atoms in total. The van der Waals surface area contributed by atoms with Crippen molar-refractivity contribution in [2.45, 2.75) is 12.8 Å². The molecule has 0 unspecified atom stereocenters. The molecule has 0 bridgehead atoms. The summed E-state index contributed by atoms with van der Waals surface area (Å²) in [4.78, 5) is 12.5. The van der Waals surface area contributed by atoms with E-state index in [4.69, 9.17) is 0 Å². The van der Waals surface area contributed by atoms with E-state index in [0.29, 0.717) is 0 Å². The van der Waals surface area contributed by atoms with Crippen molar-refractivity contribution in [2.24, 2.45) is 0 Å². The van der Waals surface area contributed by atoms with Crippen molar-refractivity contribution in [1.82, 2.24) is 25.1 Å². The van der Waals surface area contributed by atoms with Crippen LogP contribution in [-0.4, -0.2) is 25.1 Å². The molecule has 94 valence electrons. The van der Waals surface area contributed by atoms with Crippen molar-refractivity contribution in [3.63, 3.8) is 0 Å². The van der Waals surface area contributed by atoms with Crippen molar-refractivity contribution in [1.29, 1.82) is 0 Å². The van der Waals surface area contributed by atoms with E-state index in [2.05, 4.69) is 25.1 Å². The minimum absolute atomic E-state index is 0.718. The predicted molar refractivity (Wildman–Crippen MR) is 70.5 cm³/mol. The lowest BCUT2D eigenvalue weighted by Gasteiger charge is -1.96. The second-order valence-corrected chi connectivity index (χ2v) is 4.26. The fourth-order valence-electron chi connectivity index (χ4n) is 1.87. The molecule has 0 aliphatic carbocycles. The van der Waals surface area contributed by atoms with Gasteiger partial charge in [-0.2, -0.15) is 5.10 Å². The van der Waals surface area contributed by atoms with Crippen LogP contribution < -0.4 is 0 Å². The van der Waals surface area contributed by atoms with E-state index in [9.17, 15) is 0 Å². The predicted octanol–water partition coefficient (Wildman–Crippen LogP) is 1.78. The summed E-state index contributed by atoms with van der Waals surface area (Å²) in [5, 5.41) is 7.21. The van der Waals surface area contributed by atoms with Gasteiger partial charge in [-0.1, -0.05) is 0 Å². The first-order valence-electron chi connectivity index (χ1n) is 6.08. The van der Waals surface area contributed by atoms with Crippen LogP contribution in [0.25, 0.3) is 0 Å². The van der Waals surface area contributed by atoms with Crippen LogP contribution >= 0.6 is 0 Å². The Hall–Kier alpha value is -2.56. The first-order chi connectivity index (χ1) is 9.40. The second kappa shape index (κ2) is 5.39. The van der Waals surface area contributed by atoms with Gasteiger partial charge in [0, 0.05) is 37.6 Å². The van der Waals surface area contributed by atoms with Crippen LogP contribution in [0.1, 0.15) is 22.8 Å².